The third-order valence-electron chi connectivity index (χ3n) is 3.71. The predicted molar refractivity (Wildman–Crippen MR) is 91.0 cm³/mol. The van der Waals surface area contributed by atoms with Gasteiger partial charge < -0.3 is 10.2 Å². The van der Waals surface area contributed by atoms with Crippen LogP contribution in [0.15, 0.2) is 34.3 Å². The maximum absolute atomic E-state index is 12.1. The molecular formula is C17H20BrN3O. The van der Waals surface area contributed by atoms with Gasteiger partial charge in [-0.1, -0.05) is 34.5 Å². The fourth-order valence-electron chi connectivity index (χ4n) is 2.48. The number of hydrogen-bond donors (Lipinski definition) is 1. The first-order valence-electron chi connectivity index (χ1n) is 7.57. The van der Waals surface area contributed by atoms with Crippen LogP contribution in [0.1, 0.15) is 24.8 Å². The summed E-state index contributed by atoms with van der Waals surface area (Å²) in [5.41, 5.74) is 0.979. The molecule has 22 heavy (non-hydrogen) atoms. The zero-order valence-corrected chi connectivity index (χ0v) is 14.1. The molecule has 0 unspecified atom stereocenters. The number of rotatable bonds is 5. The zero-order valence-electron chi connectivity index (χ0n) is 12.5. The van der Waals surface area contributed by atoms with Crippen molar-refractivity contribution in [1.82, 2.24) is 10.2 Å². The van der Waals surface area contributed by atoms with Gasteiger partial charge in [0.2, 0.25) is 0 Å². The molecule has 0 radical (unpaired) electrons. The van der Waals surface area contributed by atoms with E-state index in [0.29, 0.717) is 6.54 Å². The van der Waals surface area contributed by atoms with Gasteiger partial charge in [-0.05, 0) is 49.7 Å². The Morgan fingerprint density at radius 3 is 2.59 bits per heavy atom. The van der Waals surface area contributed by atoms with Crippen molar-refractivity contribution in [3.63, 3.8) is 0 Å². The van der Waals surface area contributed by atoms with E-state index in [1.54, 1.807) is 6.08 Å². The van der Waals surface area contributed by atoms with Gasteiger partial charge in [0.15, 0.2) is 0 Å². The molecule has 1 fully saturated rings. The topological polar surface area (TPSA) is 56.1 Å². The Balaban J connectivity index is 1.86. The summed E-state index contributed by atoms with van der Waals surface area (Å²) in [5, 5.41) is 12.0. The van der Waals surface area contributed by atoms with Crippen LogP contribution in [-0.2, 0) is 4.79 Å². The molecule has 1 aliphatic rings. The van der Waals surface area contributed by atoms with Gasteiger partial charge in [-0.25, -0.2) is 0 Å². The number of benzene rings is 1. The number of piperidine rings is 1. The third-order valence-corrected chi connectivity index (χ3v) is 4.24. The van der Waals surface area contributed by atoms with Crippen LogP contribution in [0.2, 0.25) is 0 Å². The average Bonchev–Trinajstić information content (AvgIpc) is 2.55. The lowest BCUT2D eigenvalue weighted by atomic mass is 10.1. The molecule has 1 aromatic rings. The van der Waals surface area contributed by atoms with Crippen LogP contribution in [0.4, 0.5) is 0 Å². The van der Waals surface area contributed by atoms with E-state index in [2.05, 4.69) is 26.1 Å². The molecule has 0 spiro atoms. The number of halogens is 1. The van der Waals surface area contributed by atoms with Crippen LogP contribution >= 0.6 is 15.9 Å². The minimum atomic E-state index is -0.303. The highest BCUT2D eigenvalue weighted by molar-refractivity contribution is 9.10. The number of amides is 1. The molecule has 1 amide bonds. The molecule has 116 valence electrons. The fourth-order valence-corrected chi connectivity index (χ4v) is 2.74. The van der Waals surface area contributed by atoms with Gasteiger partial charge in [0.05, 0.1) is 0 Å². The van der Waals surface area contributed by atoms with Crippen LogP contribution in [0, 0.1) is 11.3 Å². The molecule has 1 heterocycles. The van der Waals surface area contributed by atoms with Gasteiger partial charge in [-0.2, -0.15) is 5.26 Å². The quantitative estimate of drug-likeness (QED) is 0.647. The van der Waals surface area contributed by atoms with Crippen molar-refractivity contribution in [2.24, 2.45) is 0 Å². The van der Waals surface area contributed by atoms with E-state index in [1.807, 2.05) is 30.3 Å². The lowest BCUT2D eigenvalue weighted by Crippen LogP contribution is -2.37. The van der Waals surface area contributed by atoms with Crippen molar-refractivity contribution in [3.05, 3.63) is 39.9 Å². The Kier molecular flexibility index (Phi) is 6.63. The summed E-state index contributed by atoms with van der Waals surface area (Å²) < 4.78 is 0.967. The van der Waals surface area contributed by atoms with Crippen molar-refractivity contribution in [2.45, 2.75) is 19.3 Å². The number of hydrogen-bond acceptors (Lipinski definition) is 3. The SMILES string of the molecule is N#C/C(=C/c1ccc(Br)cc1)C(=O)NCCN1CCCCC1. The van der Waals surface area contributed by atoms with E-state index < -0.39 is 0 Å². The Bertz CT molecular complexity index is 569. The van der Waals surface area contributed by atoms with E-state index in [0.717, 1.165) is 29.7 Å². The molecule has 5 heteroatoms. The molecule has 2 rings (SSSR count). The second-order valence-electron chi connectivity index (χ2n) is 5.38. The number of carbonyl (C=O) groups is 1. The summed E-state index contributed by atoms with van der Waals surface area (Å²) in [7, 11) is 0. The number of nitrogens with zero attached hydrogens (tertiary/aromatic N) is 2. The van der Waals surface area contributed by atoms with E-state index in [9.17, 15) is 4.79 Å². The monoisotopic (exact) mass is 361 g/mol. The van der Waals surface area contributed by atoms with Gasteiger partial charge in [-0.15, -0.1) is 0 Å². The Morgan fingerprint density at radius 2 is 1.95 bits per heavy atom. The summed E-state index contributed by atoms with van der Waals surface area (Å²) in [6.07, 6.45) is 5.39. The van der Waals surface area contributed by atoms with Crippen molar-refractivity contribution in [2.75, 3.05) is 26.2 Å². The fraction of sp³-hybridized carbons (Fsp3) is 0.412. The third kappa shape index (κ3) is 5.28. The normalized spacial score (nSPS) is 16.1. The molecule has 0 aromatic heterocycles. The number of nitrogens with one attached hydrogen (secondary N) is 1. The molecule has 1 N–H and O–H groups in total. The van der Waals surface area contributed by atoms with Crippen molar-refractivity contribution in [1.29, 1.82) is 5.26 Å². The summed E-state index contributed by atoms with van der Waals surface area (Å²) >= 11 is 3.36. The van der Waals surface area contributed by atoms with Crippen LogP contribution < -0.4 is 5.32 Å². The lowest BCUT2D eigenvalue weighted by Gasteiger charge is -2.26. The second kappa shape index (κ2) is 8.72. The first-order chi connectivity index (χ1) is 10.7. The lowest BCUT2D eigenvalue weighted by molar-refractivity contribution is -0.117. The number of nitriles is 1. The smallest absolute Gasteiger partial charge is 0.261 e. The molecule has 0 bridgehead atoms. The van der Waals surface area contributed by atoms with Crippen LogP contribution in [-0.4, -0.2) is 37.0 Å². The Labute approximate surface area is 139 Å². The minimum absolute atomic E-state index is 0.140. The van der Waals surface area contributed by atoms with E-state index >= 15 is 0 Å². The van der Waals surface area contributed by atoms with E-state index in [4.69, 9.17) is 5.26 Å². The molecule has 0 saturated carbocycles. The highest BCUT2D eigenvalue weighted by atomic mass is 79.9. The summed E-state index contributed by atoms with van der Waals surface area (Å²) in [4.78, 5) is 14.4. The largest absolute Gasteiger partial charge is 0.350 e. The predicted octanol–water partition coefficient (Wildman–Crippen LogP) is 2.96. The maximum Gasteiger partial charge on any atom is 0.261 e. The highest BCUT2D eigenvalue weighted by Gasteiger charge is 2.12. The van der Waals surface area contributed by atoms with Gasteiger partial charge in [-0.3, -0.25) is 4.79 Å². The summed E-state index contributed by atoms with van der Waals surface area (Å²) in [5.74, 6) is -0.303. The molecule has 1 aliphatic heterocycles. The number of likely N-dealkylation sites (tertiary alicyclic amines) is 1. The standard InChI is InChI=1S/C17H20BrN3O/c18-16-6-4-14(5-7-16)12-15(13-19)17(22)20-8-11-21-9-2-1-3-10-21/h4-7,12H,1-3,8-11H2,(H,20,22)/b15-12-. The Morgan fingerprint density at radius 1 is 1.27 bits per heavy atom. The maximum atomic E-state index is 12.1. The van der Waals surface area contributed by atoms with Gasteiger partial charge in [0.1, 0.15) is 11.6 Å². The summed E-state index contributed by atoms with van der Waals surface area (Å²) in [6.45, 7) is 3.65. The van der Waals surface area contributed by atoms with Crippen molar-refractivity contribution in [3.8, 4) is 6.07 Å². The van der Waals surface area contributed by atoms with Crippen LogP contribution in [0.5, 0.6) is 0 Å². The van der Waals surface area contributed by atoms with Gasteiger partial charge in [0.25, 0.3) is 5.91 Å². The molecule has 4 nitrogen and oxygen atoms in total. The summed E-state index contributed by atoms with van der Waals surface area (Å²) in [6, 6.07) is 9.47. The van der Waals surface area contributed by atoms with Crippen LogP contribution in [0.25, 0.3) is 6.08 Å². The highest BCUT2D eigenvalue weighted by Crippen LogP contribution is 2.13. The molecule has 0 aliphatic carbocycles. The first-order valence-corrected chi connectivity index (χ1v) is 8.36. The van der Waals surface area contributed by atoms with E-state index in [1.165, 1.54) is 19.3 Å². The second-order valence-corrected chi connectivity index (χ2v) is 6.30. The first kappa shape index (κ1) is 16.7. The van der Waals surface area contributed by atoms with E-state index in [-0.39, 0.29) is 11.5 Å². The molecule has 1 aromatic carbocycles. The zero-order chi connectivity index (χ0) is 15.8. The van der Waals surface area contributed by atoms with Gasteiger partial charge in [0, 0.05) is 17.6 Å². The van der Waals surface area contributed by atoms with Crippen molar-refractivity contribution < 1.29 is 4.79 Å². The molecule has 1 saturated heterocycles. The minimum Gasteiger partial charge on any atom is -0.350 e. The molecular weight excluding hydrogens is 342 g/mol. The average molecular weight is 362 g/mol. The van der Waals surface area contributed by atoms with Crippen LogP contribution in [0.3, 0.4) is 0 Å². The molecule has 0 atom stereocenters. The number of carbonyl (C=O) groups excluding carboxylic acids is 1. The van der Waals surface area contributed by atoms with Gasteiger partial charge >= 0.3 is 0 Å². The Hall–Kier alpha value is -1.64. The van der Waals surface area contributed by atoms with Crippen molar-refractivity contribution >= 4 is 27.9 Å².